The van der Waals surface area contributed by atoms with Gasteiger partial charge in [-0.2, -0.15) is 0 Å². The van der Waals surface area contributed by atoms with E-state index in [0.717, 1.165) is 4.90 Å². The normalized spacial score (nSPS) is 11.0. The molecule has 0 atom stereocenters. The smallest absolute Gasteiger partial charge is 0.323 e. The van der Waals surface area contributed by atoms with Crippen molar-refractivity contribution in [3.05, 3.63) is 46.3 Å². The fourth-order valence-corrected chi connectivity index (χ4v) is 3.16. The maximum atomic E-state index is 13.1. The second kappa shape index (κ2) is 7.45. The lowest BCUT2D eigenvalue weighted by molar-refractivity contribution is -0.382. The van der Waals surface area contributed by atoms with E-state index in [1.807, 2.05) is 0 Å². The van der Waals surface area contributed by atoms with E-state index >= 15 is 0 Å². The van der Waals surface area contributed by atoms with Crippen LogP contribution in [0, 0.1) is 15.9 Å². The molecule has 2 aromatic carbocycles. The first-order chi connectivity index (χ1) is 12.1. The first-order valence-corrected chi connectivity index (χ1v) is 8.13. The first-order valence-electron chi connectivity index (χ1n) is 7.32. The number of hydrogen-bond acceptors (Lipinski definition) is 8. The minimum Gasteiger partial charge on any atom is -0.396 e. The van der Waals surface area contributed by atoms with Crippen LogP contribution in [0.3, 0.4) is 0 Å². The second-order valence-electron chi connectivity index (χ2n) is 5.05. The Hall–Kier alpha value is -2.72. The number of nitro benzene ring substituents is 1. The molecule has 8 nitrogen and oxygen atoms in total. The van der Waals surface area contributed by atoms with Gasteiger partial charge in [0.1, 0.15) is 11.5 Å². The van der Waals surface area contributed by atoms with E-state index in [1.165, 1.54) is 23.9 Å². The van der Waals surface area contributed by atoms with Gasteiger partial charge in [-0.15, -0.1) is 0 Å². The molecule has 0 saturated heterocycles. The van der Waals surface area contributed by atoms with Gasteiger partial charge < -0.3 is 10.4 Å². The van der Waals surface area contributed by atoms with Gasteiger partial charge in [0.15, 0.2) is 5.52 Å². The van der Waals surface area contributed by atoms with Crippen LogP contribution in [0.15, 0.2) is 44.8 Å². The summed E-state index contributed by atoms with van der Waals surface area (Å²) in [7, 11) is 0. The fraction of sp³-hybridized carbons (Fsp3) is 0.200. The van der Waals surface area contributed by atoms with Gasteiger partial charge in [0.05, 0.1) is 4.92 Å². The van der Waals surface area contributed by atoms with E-state index in [0.29, 0.717) is 17.9 Å². The van der Waals surface area contributed by atoms with Crippen LogP contribution in [-0.2, 0) is 0 Å². The van der Waals surface area contributed by atoms with Crippen LogP contribution in [0.2, 0.25) is 0 Å². The Morgan fingerprint density at radius 3 is 2.68 bits per heavy atom. The van der Waals surface area contributed by atoms with Crippen LogP contribution in [0.4, 0.5) is 15.8 Å². The largest absolute Gasteiger partial charge is 0.396 e. The first kappa shape index (κ1) is 17.1. The molecule has 130 valence electrons. The van der Waals surface area contributed by atoms with Crippen molar-refractivity contribution in [2.45, 2.75) is 16.2 Å². The highest BCUT2D eigenvalue weighted by Gasteiger charge is 2.26. The number of aliphatic hydroxyl groups is 1. The van der Waals surface area contributed by atoms with Crippen LogP contribution in [0.5, 0.6) is 0 Å². The molecule has 0 aliphatic carbocycles. The minimum absolute atomic E-state index is 0.0311. The second-order valence-corrected chi connectivity index (χ2v) is 6.16. The summed E-state index contributed by atoms with van der Waals surface area (Å²) in [6, 6.07) is 7.42. The number of rotatable bonds is 7. The molecule has 0 bridgehead atoms. The Balaban J connectivity index is 2.05. The number of nitro groups is 1. The van der Waals surface area contributed by atoms with Gasteiger partial charge in [-0.3, -0.25) is 10.1 Å². The lowest BCUT2D eigenvalue weighted by Gasteiger charge is -2.09. The standard InChI is InChI=1S/C15H13FN4O4S/c16-9-2-4-10(5-3-9)25-12-8-11(17-6-1-7-21)15(20(22)23)14-13(12)18-24-19-14/h2-5,8,17,21H,1,6-7H2. The average Bonchev–Trinajstić information content (AvgIpc) is 3.06. The summed E-state index contributed by atoms with van der Waals surface area (Å²) in [6.07, 6.45) is 0.437. The molecular weight excluding hydrogens is 351 g/mol. The summed E-state index contributed by atoms with van der Waals surface area (Å²) < 4.78 is 17.7. The molecule has 0 radical (unpaired) electrons. The van der Waals surface area contributed by atoms with Crippen molar-refractivity contribution in [1.29, 1.82) is 0 Å². The van der Waals surface area contributed by atoms with Crippen LogP contribution in [-0.4, -0.2) is 33.5 Å². The highest BCUT2D eigenvalue weighted by molar-refractivity contribution is 7.99. The zero-order chi connectivity index (χ0) is 17.8. The highest BCUT2D eigenvalue weighted by atomic mass is 32.2. The number of fused-ring (bicyclic) bond motifs is 1. The molecule has 0 unspecified atom stereocenters. The Morgan fingerprint density at radius 1 is 1.28 bits per heavy atom. The van der Waals surface area contributed by atoms with Gasteiger partial charge in [0.2, 0.25) is 5.52 Å². The molecule has 0 amide bonds. The lowest BCUT2D eigenvalue weighted by atomic mass is 10.2. The van der Waals surface area contributed by atoms with E-state index in [2.05, 4.69) is 20.3 Å². The molecule has 0 aliphatic rings. The van der Waals surface area contributed by atoms with Crippen molar-refractivity contribution in [3.8, 4) is 0 Å². The molecule has 25 heavy (non-hydrogen) atoms. The molecule has 3 aromatic rings. The number of aromatic nitrogens is 2. The van der Waals surface area contributed by atoms with Crippen LogP contribution >= 0.6 is 11.8 Å². The topological polar surface area (TPSA) is 114 Å². The van der Waals surface area contributed by atoms with Crippen molar-refractivity contribution in [2.75, 3.05) is 18.5 Å². The van der Waals surface area contributed by atoms with Gasteiger partial charge in [0.25, 0.3) is 0 Å². The van der Waals surface area contributed by atoms with Crippen molar-refractivity contribution in [1.82, 2.24) is 10.3 Å². The van der Waals surface area contributed by atoms with Crippen LogP contribution in [0.25, 0.3) is 11.0 Å². The molecule has 1 aromatic heterocycles. The van der Waals surface area contributed by atoms with Gasteiger partial charge in [-0.1, -0.05) is 11.8 Å². The summed E-state index contributed by atoms with van der Waals surface area (Å²) in [4.78, 5) is 12.2. The summed E-state index contributed by atoms with van der Waals surface area (Å²) in [6.45, 7) is 0.320. The zero-order valence-electron chi connectivity index (χ0n) is 12.8. The van der Waals surface area contributed by atoms with Crippen LogP contribution < -0.4 is 5.32 Å². The predicted octanol–water partition coefficient (Wildman–Crippen LogP) is 3.22. The predicted molar refractivity (Wildman–Crippen MR) is 89.2 cm³/mol. The summed E-state index contributed by atoms with van der Waals surface area (Å²) >= 11 is 1.26. The zero-order valence-corrected chi connectivity index (χ0v) is 13.6. The van der Waals surface area contributed by atoms with E-state index in [4.69, 9.17) is 5.11 Å². The van der Waals surface area contributed by atoms with Gasteiger partial charge in [-0.25, -0.2) is 9.02 Å². The monoisotopic (exact) mass is 364 g/mol. The van der Waals surface area contributed by atoms with Gasteiger partial charge >= 0.3 is 5.69 Å². The quantitative estimate of drug-likeness (QED) is 0.373. The maximum Gasteiger partial charge on any atom is 0.323 e. The summed E-state index contributed by atoms with van der Waals surface area (Å²) in [5.74, 6) is -0.354. The van der Waals surface area contributed by atoms with E-state index in [1.54, 1.807) is 18.2 Å². The van der Waals surface area contributed by atoms with Gasteiger partial charge in [0, 0.05) is 22.9 Å². The fourth-order valence-electron chi connectivity index (χ4n) is 2.23. The number of aliphatic hydroxyl groups excluding tert-OH is 1. The molecular formula is C15H13FN4O4S. The average molecular weight is 364 g/mol. The minimum atomic E-state index is -0.555. The maximum absolute atomic E-state index is 13.1. The molecule has 1 heterocycles. The molecule has 10 heteroatoms. The number of nitrogens with one attached hydrogen (secondary N) is 1. The van der Waals surface area contributed by atoms with Gasteiger partial charge in [-0.05, 0) is 47.1 Å². The Labute approximate surface area is 145 Å². The van der Waals surface area contributed by atoms with Crippen molar-refractivity contribution >= 4 is 34.2 Å². The number of nitrogens with zero attached hydrogens (tertiary/aromatic N) is 3. The number of hydrogen-bond donors (Lipinski definition) is 2. The number of halogens is 1. The molecule has 2 N–H and O–H groups in total. The third-order valence-electron chi connectivity index (χ3n) is 3.35. The molecule has 0 aliphatic heterocycles. The SMILES string of the molecule is O=[N+]([O-])c1c(NCCCO)cc(Sc2ccc(F)cc2)c2nonc12. The Bertz CT molecular complexity index is 900. The van der Waals surface area contributed by atoms with Crippen molar-refractivity contribution < 1.29 is 19.0 Å². The Kier molecular flexibility index (Phi) is 5.10. The highest BCUT2D eigenvalue weighted by Crippen LogP contribution is 2.40. The van der Waals surface area contributed by atoms with Crippen LogP contribution in [0.1, 0.15) is 6.42 Å². The molecule has 0 saturated carbocycles. The van der Waals surface area contributed by atoms with Crippen molar-refractivity contribution in [2.24, 2.45) is 0 Å². The third-order valence-corrected chi connectivity index (χ3v) is 4.39. The Morgan fingerprint density at radius 2 is 2.00 bits per heavy atom. The summed E-state index contributed by atoms with van der Waals surface area (Å²) in [5, 5.41) is 30.7. The third kappa shape index (κ3) is 3.69. The van der Waals surface area contributed by atoms with Crippen molar-refractivity contribution in [3.63, 3.8) is 0 Å². The van der Waals surface area contributed by atoms with E-state index in [-0.39, 0.29) is 34.8 Å². The van der Waals surface area contributed by atoms with E-state index in [9.17, 15) is 14.5 Å². The molecule has 0 spiro atoms. The molecule has 0 fully saturated rings. The number of anilines is 1. The van der Waals surface area contributed by atoms with E-state index < -0.39 is 4.92 Å². The molecule has 3 rings (SSSR count). The number of benzene rings is 2. The lowest BCUT2D eigenvalue weighted by Crippen LogP contribution is -2.06. The summed E-state index contributed by atoms with van der Waals surface area (Å²) in [5.41, 5.74) is 0.307.